The third-order valence-electron chi connectivity index (χ3n) is 6.57. The number of hydrogen-bond acceptors (Lipinski definition) is 2. The van der Waals surface area contributed by atoms with E-state index in [9.17, 15) is 4.79 Å². The Kier molecular flexibility index (Phi) is 6.91. The first kappa shape index (κ1) is 23.8. The van der Waals surface area contributed by atoms with Crippen molar-refractivity contribution in [2.24, 2.45) is 0 Å². The number of carbonyl (C=O) groups excluding carboxylic acids is 1. The Balaban J connectivity index is 1.76. The molecule has 1 atom stereocenters. The quantitative estimate of drug-likeness (QED) is 0.402. The molecule has 0 fully saturated rings. The smallest absolute Gasteiger partial charge is 0.272 e. The molecule has 1 aliphatic heterocycles. The number of fused-ring (bicyclic) bond motifs is 1. The average molecular weight is 452 g/mol. The van der Waals surface area contributed by atoms with Crippen LogP contribution in [0.25, 0.3) is 0 Å². The molecule has 0 saturated heterocycles. The van der Waals surface area contributed by atoms with Crippen LogP contribution in [0, 0.1) is 11.8 Å². The van der Waals surface area contributed by atoms with E-state index >= 15 is 0 Å². The first-order valence-electron chi connectivity index (χ1n) is 12.0. The predicted molar refractivity (Wildman–Crippen MR) is 137 cm³/mol. The van der Waals surface area contributed by atoms with Crippen molar-refractivity contribution >= 4 is 5.91 Å². The summed E-state index contributed by atoms with van der Waals surface area (Å²) in [5, 5.41) is 1.50. The molecule has 174 valence electrons. The van der Waals surface area contributed by atoms with Gasteiger partial charge in [-0.05, 0) is 47.4 Å². The van der Waals surface area contributed by atoms with Crippen LogP contribution in [0.1, 0.15) is 66.2 Å². The molecular weight excluding hydrogens is 418 g/mol. The van der Waals surface area contributed by atoms with Gasteiger partial charge >= 0.3 is 0 Å². The summed E-state index contributed by atoms with van der Waals surface area (Å²) in [5.41, 5.74) is 4.44. The van der Waals surface area contributed by atoms with Gasteiger partial charge in [0.2, 0.25) is 0 Å². The van der Waals surface area contributed by atoms with Crippen LogP contribution in [-0.2, 0) is 28.6 Å². The number of hydrogen-bond donors (Lipinski definition) is 0. The van der Waals surface area contributed by atoms with Crippen molar-refractivity contribution in [3.63, 3.8) is 0 Å². The SMILES string of the molecule is CON1C(=O)c2ccc(C(C)(C)C)cc2C1(C#CCCc1ccccc1)CCc1ccccc1. The van der Waals surface area contributed by atoms with Gasteiger partial charge in [-0.15, -0.1) is 5.92 Å². The summed E-state index contributed by atoms with van der Waals surface area (Å²) >= 11 is 0. The monoisotopic (exact) mass is 451 g/mol. The van der Waals surface area contributed by atoms with Crippen LogP contribution in [0.5, 0.6) is 0 Å². The fraction of sp³-hybridized carbons (Fsp3) is 0.323. The Bertz CT molecular complexity index is 1200. The molecule has 0 aromatic heterocycles. The zero-order valence-electron chi connectivity index (χ0n) is 20.6. The highest BCUT2D eigenvalue weighted by Gasteiger charge is 2.50. The van der Waals surface area contributed by atoms with Crippen molar-refractivity contribution in [2.75, 3.05) is 7.11 Å². The van der Waals surface area contributed by atoms with Crippen molar-refractivity contribution < 1.29 is 9.63 Å². The number of hydroxylamine groups is 2. The summed E-state index contributed by atoms with van der Waals surface area (Å²) in [6, 6.07) is 26.9. The van der Waals surface area contributed by atoms with E-state index in [1.807, 2.05) is 30.3 Å². The maximum atomic E-state index is 13.4. The Morgan fingerprint density at radius 1 is 0.882 bits per heavy atom. The van der Waals surface area contributed by atoms with Crippen molar-refractivity contribution in [3.8, 4) is 11.8 Å². The number of amides is 1. The van der Waals surface area contributed by atoms with Gasteiger partial charge in [0.1, 0.15) is 0 Å². The van der Waals surface area contributed by atoms with Gasteiger partial charge in [-0.1, -0.05) is 99.5 Å². The molecule has 3 aromatic carbocycles. The molecule has 3 nitrogen and oxygen atoms in total. The Morgan fingerprint density at radius 3 is 2.09 bits per heavy atom. The Morgan fingerprint density at radius 2 is 1.50 bits per heavy atom. The van der Waals surface area contributed by atoms with Crippen LogP contribution in [-0.4, -0.2) is 18.1 Å². The first-order valence-corrected chi connectivity index (χ1v) is 12.0. The molecule has 3 aromatic rings. The van der Waals surface area contributed by atoms with E-state index in [-0.39, 0.29) is 11.3 Å². The molecule has 1 unspecified atom stereocenters. The van der Waals surface area contributed by atoms with Gasteiger partial charge < -0.3 is 0 Å². The standard InChI is InChI=1S/C31H33NO2/c1-30(2,3)26-18-19-27-28(23-26)31(32(34-4)29(27)33,22-20-25-15-9-6-10-16-25)21-12-11-17-24-13-7-5-8-14-24/h5-10,13-16,18-19,23H,11,17,20,22H2,1-4H3. The molecule has 0 bridgehead atoms. The van der Waals surface area contributed by atoms with Crippen molar-refractivity contribution in [2.45, 2.75) is 57.4 Å². The number of nitrogens with zero attached hydrogens (tertiary/aromatic N) is 1. The van der Waals surface area contributed by atoms with E-state index in [1.165, 1.54) is 21.8 Å². The molecule has 0 N–H and O–H groups in total. The fourth-order valence-electron chi connectivity index (χ4n) is 4.62. The molecule has 1 aliphatic rings. The minimum atomic E-state index is -0.824. The third kappa shape index (κ3) is 4.79. The van der Waals surface area contributed by atoms with Gasteiger partial charge in [0.05, 0.1) is 7.11 Å². The summed E-state index contributed by atoms with van der Waals surface area (Å²) in [6.45, 7) is 6.57. The fourth-order valence-corrected chi connectivity index (χ4v) is 4.62. The predicted octanol–water partition coefficient (Wildman–Crippen LogP) is 6.47. The van der Waals surface area contributed by atoms with Gasteiger partial charge in [0.15, 0.2) is 5.54 Å². The topological polar surface area (TPSA) is 29.5 Å². The average Bonchev–Trinajstić information content (AvgIpc) is 3.08. The zero-order valence-corrected chi connectivity index (χ0v) is 20.6. The van der Waals surface area contributed by atoms with Crippen molar-refractivity contribution in [1.82, 2.24) is 5.06 Å². The lowest BCUT2D eigenvalue weighted by atomic mass is 9.80. The van der Waals surface area contributed by atoms with Crippen LogP contribution in [0.4, 0.5) is 0 Å². The van der Waals surface area contributed by atoms with Crippen LogP contribution in [0.2, 0.25) is 0 Å². The first-order chi connectivity index (χ1) is 16.3. The maximum absolute atomic E-state index is 13.4. The zero-order chi connectivity index (χ0) is 24.2. The van der Waals surface area contributed by atoms with Crippen LogP contribution >= 0.6 is 0 Å². The normalized spacial score (nSPS) is 17.3. The van der Waals surface area contributed by atoms with Crippen molar-refractivity contribution in [1.29, 1.82) is 0 Å². The van der Waals surface area contributed by atoms with E-state index in [1.54, 1.807) is 7.11 Å². The second-order valence-electron chi connectivity index (χ2n) is 9.93. The molecule has 34 heavy (non-hydrogen) atoms. The van der Waals surface area contributed by atoms with E-state index < -0.39 is 5.54 Å². The molecule has 0 spiro atoms. The third-order valence-corrected chi connectivity index (χ3v) is 6.57. The summed E-state index contributed by atoms with van der Waals surface area (Å²) < 4.78 is 0. The minimum absolute atomic E-state index is 0.0372. The molecule has 0 saturated carbocycles. The van der Waals surface area contributed by atoms with Gasteiger partial charge in [-0.3, -0.25) is 9.63 Å². The molecule has 4 rings (SSSR count). The van der Waals surface area contributed by atoms with Crippen LogP contribution in [0.3, 0.4) is 0 Å². The molecule has 1 heterocycles. The van der Waals surface area contributed by atoms with Crippen molar-refractivity contribution in [3.05, 3.63) is 107 Å². The lowest BCUT2D eigenvalue weighted by Crippen LogP contribution is -2.42. The second kappa shape index (κ2) is 9.87. The Hall–Kier alpha value is -3.35. The minimum Gasteiger partial charge on any atom is -0.272 e. The maximum Gasteiger partial charge on any atom is 0.279 e. The number of aryl methyl sites for hydroxylation is 2. The number of rotatable bonds is 6. The van der Waals surface area contributed by atoms with E-state index in [4.69, 9.17) is 4.84 Å². The largest absolute Gasteiger partial charge is 0.279 e. The lowest BCUT2D eigenvalue weighted by Gasteiger charge is -2.33. The van der Waals surface area contributed by atoms with E-state index in [0.29, 0.717) is 12.0 Å². The second-order valence-corrected chi connectivity index (χ2v) is 9.93. The highest BCUT2D eigenvalue weighted by Crippen LogP contribution is 2.44. The van der Waals surface area contributed by atoms with Gasteiger partial charge in [0.25, 0.3) is 5.91 Å². The summed E-state index contributed by atoms with van der Waals surface area (Å²) in [6.07, 6.45) is 3.05. The van der Waals surface area contributed by atoms with Gasteiger partial charge in [-0.2, -0.15) is 5.06 Å². The lowest BCUT2D eigenvalue weighted by molar-refractivity contribution is -0.143. The van der Waals surface area contributed by atoms with Gasteiger partial charge in [0, 0.05) is 17.5 Å². The van der Waals surface area contributed by atoms with E-state index in [0.717, 1.165) is 24.8 Å². The number of carbonyl (C=O) groups is 1. The molecule has 0 aliphatic carbocycles. The molecular formula is C31H33NO2. The summed E-state index contributed by atoms with van der Waals surface area (Å²) in [7, 11) is 1.57. The number of benzene rings is 3. The molecule has 0 radical (unpaired) electrons. The molecule has 3 heteroatoms. The highest BCUT2D eigenvalue weighted by atomic mass is 16.7. The van der Waals surface area contributed by atoms with Gasteiger partial charge in [-0.25, -0.2) is 0 Å². The summed E-state index contributed by atoms with van der Waals surface area (Å²) in [5.74, 6) is 6.82. The van der Waals surface area contributed by atoms with Crippen LogP contribution < -0.4 is 0 Å². The van der Waals surface area contributed by atoms with E-state index in [2.05, 4.69) is 81.1 Å². The Labute approximate surface area is 203 Å². The summed E-state index contributed by atoms with van der Waals surface area (Å²) in [4.78, 5) is 19.1. The van der Waals surface area contributed by atoms with Crippen LogP contribution in [0.15, 0.2) is 78.9 Å². The molecule has 1 amide bonds. The highest BCUT2D eigenvalue weighted by molar-refractivity contribution is 6.00.